The lowest BCUT2D eigenvalue weighted by atomic mass is 10.1. The average Bonchev–Trinajstić information content (AvgIpc) is 2.92. The van der Waals surface area contributed by atoms with Crippen LogP contribution in [0.25, 0.3) is 11.3 Å². The van der Waals surface area contributed by atoms with Gasteiger partial charge in [0.15, 0.2) is 0 Å². The number of aryl methyl sites for hydroxylation is 1. The summed E-state index contributed by atoms with van der Waals surface area (Å²) >= 11 is 0. The number of hydrogen-bond acceptors (Lipinski definition) is 8. The van der Waals surface area contributed by atoms with Gasteiger partial charge in [-0.1, -0.05) is 36.4 Å². The third kappa shape index (κ3) is 6.64. The van der Waals surface area contributed by atoms with Crippen molar-refractivity contribution >= 4 is 21.7 Å². The number of rotatable bonds is 9. The second-order valence-corrected chi connectivity index (χ2v) is 11.0. The number of piperidine rings is 1. The Labute approximate surface area is 222 Å². The van der Waals surface area contributed by atoms with E-state index in [9.17, 15) is 8.42 Å². The summed E-state index contributed by atoms with van der Waals surface area (Å²) in [6.07, 6.45) is 5.53. The van der Waals surface area contributed by atoms with Gasteiger partial charge in [-0.2, -0.15) is 0 Å². The number of pyridine rings is 1. The van der Waals surface area contributed by atoms with Gasteiger partial charge < -0.3 is 15.4 Å². The highest BCUT2D eigenvalue weighted by atomic mass is 32.2. The summed E-state index contributed by atoms with van der Waals surface area (Å²) in [5.41, 5.74) is 3.33. The number of nitrogens with one attached hydrogen (secondary N) is 3. The lowest BCUT2D eigenvalue weighted by Crippen LogP contribution is -2.38. The molecule has 4 aromatic rings. The monoisotopic (exact) mass is 530 g/mol. The van der Waals surface area contributed by atoms with E-state index in [1.54, 1.807) is 36.7 Å². The fourth-order valence-electron chi connectivity index (χ4n) is 4.29. The first kappa shape index (κ1) is 25.6. The molecule has 196 valence electrons. The van der Waals surface area contributed by atoms with Crippen molar-refractivity contribution in [2.45, 2.75) is 31.6 Å². The standard InChI is InChI=1S/C28H30N6O3S/c1-20-11-12-22(34-38(35,36)19-21-7-3-2-4-8-21)17-26(20)37-27-24(10-6-15-30-27)25-13-16-31-28(33-25)32-23-9-5-14-29-18-23/h2-4,6-8,10-13,15-17,23,29,34H,5,9,14,18-19H2,1H3,(H,31,32,33). The zero-order valence-corrected chi connectivity index (χ0v) is 21.9. The third-order valence-electron chi connectivity index (χ3n) is 6.20. The van der Waals surface area contributed by atoms with Crippen LogP contribution in [0.1, 0.15) is 24.0 Å². The molecule has 1 saturated heterocycles. The summed E-state index contributed by atoms with van der Waals surface area (Å²) in [4.78, 5) is 13.5. The summed E-state index contributed by atoms with van der Waals surface area (Å²) in [5, 5.41) is 6.79. The minimum absolute atomic E-state index is 0.122. The van der Waals surface area contributed by atoms with Crippen molar-refractivity contribution in [2.24, 2.45) is 0 Å². The first-order valence-corrected chi connectivity index (χ1v) is 14.2. The molecule has 2 aromatic heterocycles. The average molecular weight is 531 g/mol. The quantitative estimate of drug-likeness (QED) is 0.284. The zero-order valence-electron chi connectivity index (χ0n) is 21.1. The van der Waals surface area contributed by atoms with Crippen LogP contribution in [0.5, 0.6) is 11.6 Å². The van der Waals surface area contributed by atoms with Crippen molar-refractivity contribution < 1.29 is 13.2 Å². The molecular weight excluding hydrogens is 500 g/mol. The Morgan fingerprint density at radius 3 is 2.71 bits per heavy atom. The van der Waals surface area contributed by atoms with Crippen LogP contribution in [0.3, 0.4) is 0 Å². The minimum atomic E-state index is -3.61. The van der Waals surface area contributed by atoms with Crippen LogP contribution < -0.4 is 20.1 Å². The lowest BCUT2D eigenvalue weighted by molar-refractivity contribution is 0.461. The second-order valence-electron chi connectivity index (χ2n) is 9.24. The molecule has 1 aliphatic heterocycles. The fourth-order valence-corrected chi connectivity index (χ4v) is 5.48. The topological polar surface area (TPSA) is 118 Å². The third-order valence-corrected chi connectivity index (χ3v) is 7.46. The van der Waals surface area contributed by atoms with Gasteiger partial charge in [0.1, 0.15) is 5.75 Å². The molecule has 2 aromatic carbocycles. The van der Waals surface area contributed by atoms with Crippen LogP contribution in [0.2, 0.25) is 0 Å². The van der Waals surface area contributed by atoms with E-state index >= 15 is 0 Å². The number of sulfonamides is 1. The molecule has 10 heteroatoms. The van der Waals surface area contributed by atoms with Gasteiger partial charge in [-0.3, -0.25) is 4.72 Å². The number of anilines is 2. The maximum Gasteiger partial charge on any atom is 0.236 e. The molecule has 1 fully saturated rings. The summed E-state index contributed by atoms with van der Waals surface area (Å²) in [6.45, 7) is 3.80. The van der Waals surface area contributed by atoms with E-state index < -0.39 is 10.0 Å². The van der Waals surface area contributed by atoms with Crippen molar-refractivity contribution in [2.75, 3.05) is 23.1 Å². The Morgan fingerprint density at radius 1 is 1.03 bits per heavy atom. The number of hydrogen-bond donors (Lipinski definition) is 3. The highest BCUT2D eigenvalue weighted by Crippen LogP contribution is 2.33. The SMILES string of the molecule is Cc1ccc(NS(=O)(=O)Cc2ccccc2)cc1Oc1ncccc1-c1ccnc(NC2CCCNC2)n1. The maximum atomic E-state index is 12.7. The van der Waals surface area contributed by atoms with E-state index in [0.717, 1.165) is 31.5 Å². The van der Waals surface area contributed by atoms with E-state index in [2.05, 4.69) is 25.3 Å². The second kappa shape index (κ2) is 11.6. The van der Waals surface area contributed by atoms with Gasteiger partial charge >= 0.3 is 0 Å². The Kier molecular flexibility index (Phi) is 7.81. The maximum absolute atomic E-state index is 12.7. The molecule has 1 atom stereocenters. The van der Waals surface area contributed by atoms with E-state index in [-0.39, 0.29) is 11.8 Å². The summed E-state index contributed by atoms with van der Waals surface area (Å²) < 4.78 is 34.4. The zero-order chi connectivity index (χ0) is 26.4. The Bertz CT molecular complexity index is 1490. The first-order chi connectivity index (χ1) is 18.4. The van der Waals surface area contributed by atoms with Crippen LogP contribution >= 0.6 is 0 Å². The van der Waals surface area contributed by atoms with Crippen LogP contribution in [0, 0.1) is 6.92 Å². The van der Waals surface area contributed by atoms with E-state index in [0.29, 0.717) is 40.1 Å². The summed E-state index contributed by atoms with van der Waals surface area (Å²) in [5.74, 6) is 1.29. The Hall–Kier alpha value is -4.02. The fraction of sp³-hybridized carbons (Fsp3) is 0.250. The summed E-state index contributed by atoms with van der Waals surface area (Å²) in [7, 11) is -3.61. The van der Waals surface area contributed by atoms with Gasteiger partial charge in [-0.05, 0) is 61.7 Å². The van der Waals surface area contributed by atoms with E-state index in [1.807, 2.05) is 49.4 Å². The molecule has 1 aliphatic rings. The largest absolute Gasteiger partial charge is 0.438 e. The number of benzene rings is 2. The Balaban J connectivity index is 1.35. The van der Waals surface area contributed by atoms with Crippen LogP contribution in [0.4, 0.5) is 11.6 Å². The minimum Gasteiger partial charge on any atom is -0.438 e. The van der Waals surface area contributed by atoms with Crippen LogP contribution in [0.15, 0.2) is 79.1 Å². The normalized spacial score (nSPS) is 15.6. The van der Waals surface area contributed by atoms with Gasteiger partial charge in [0, 0.05) is 31.0 Å². The molecule has 0 radical (unpaired) electrons. The van der Waals surface area contributed by atoms with Crippen molar-refractivity contribution in [3.05, 3.63) is 90.3 Å². The molecule has 1 unspecified atom stereocenters. The highest BCUT2D eigenvalue weighted by Gasteiger charge is 2.17. The van der Waals surface area contributed by atoms with Crippen molar-refractivity contribution in [3.63, 3.8) is 0 Å². The molecule has 9 nitrogen and oxygen atoms in total. The molecule has 0 aliphatic carbocycles. The van der Waals surface area contributed by atoms with Gasteiger partial charge in [0.2, 0.25) is 21.9 Å². The smallest absolute Gasteiger partial charge is 0.236 e. The molecule has 0 amide bonds. The van der Waals surface area contributed by atoms with Crippen molar-refractivity contribution in [1.82, 2.24) is 20.3 Å². The van der Waals surface area contributed by atoms with Crippen LogP contribution in [-0.4, -0.2) is 42.5 Å². The number of aromatic nitrogens is 3. The van der Waals surface area contributed by atoms with Gasteiger partial charge in [-0.15, -0.1) is 0 Å². The number of nitrogens with zero attached hydrogens (tertiary/aromatic N) is 3. The molecule has 0 spiro atoms. The molecule has 38 heavy (non-hydrogen) atoms. The van der Waals surface area contributed by atoms with Gasteiger partial charge in [0.05, 0.1) is 22.7 Å². The molecule has 0 bridgehead atoms. The van der Waals surface area contributed by atoms with Gasteiger partial charge in [-0.25, -0.2) is 23.4 Å². The predicted octanol–water partition coefficient (Wildman–Crippen LogP) is 4.75. The van der Waals surface area contributed by atoms with Crippen LogP contribution in [-0.2, 0) is 15.8 Å². The molecule has 0 saturated carbocycles. The van der Waals surface area contributed by atoms with Crippen molar-refractivity contribution in [1.29, 1.82) is 0 Å². The molecule has 5 rings (SSSR count). The van der Waals surface area contributed by atoms with Crippen molar-refractivity contribution in [3.8, 4) is 22.9 Å². The van der Waals surface area contributed by atoms with E-state index in [1.165, 1.54) is 0 Å². The highest BCUT2D eigenvalue weighted by molar-refractivity contribution is 7.91. The van der Waals surface area contributed by atoms with E-state index in [4.69, 9.17) is 9.72 Å². The molecule has 3 heterocycles. The van der Waals surface area contributed by atoms with Gasteiger partial charge in [0.25, 0.3) is 0 Å². The predicted molar refractivity (Wildman–Crippen MR) is 149 cm³/mol. The first-order valence-electron chi connectivity index (χ1n) is 12.5. The molecular formula is C28H30N6O3S. The molecule has 3 N–H and O–H groups in total. The summed E-state index contributed by atoms with van der Waals surface area (Å²) in [6, 6.07) is 20.0. The number of ether oxygens (including phenoxy) is 1. The lowest BCUT2D eigenvalue weighted by Gasteiger charge is -2.23. The Morgan fingerprint density at radius 2 is 1.89 bits per heavy atom.